The van der Waals surface area contributed by atoms with Crippen LogP contribution in [0, 0.1) is 0 Å². The summed E-state index contributed by atoms with van der Waals surface area (Å²) in [5.41, 5.74) is 16.3. The molecule has 0 atom stereocenters. The summed E-state index contributed by atoms with van der Waals surface area (Å²) < 4.78 is 7.42. The van der Waals surface area contributed by atoms with Gasteiger partial charge in [0.2, 0.25) is 0 Å². The summed E-state index contributed by atoms with van der Waals surface area (Å²) in [5, 5.41) is 7.31. The summed E-state index contributed by atoms with van der Waals surface area (Å²) >= 11 is 1.89. The zero-order valence-electron chi connectivity index (χ0n) is 40.5. The molecule has 0 aliphatic heterocycles. The van der Waals surface area contributed by atoms with Gasteiger partial charge in [0.05, 0.1) is 37.2 Å². The number of nitrogens with zero attached hydrogens (tertiary/aromatic N) is 5. The molecule has 0 bridgehead atoms. The molecule has 0 unspecified atom stereocenters. The van der Waals surface area contributed by atoms with Crippen LogP contribution in [0.3, 0.4) is 0 Å². The van der Waals surface area contributed by atoms with Gasteiger partial charge < -0.3 is 9.13 Å². The first-order valence-electron chi connectivity index (χ1n) is 25.4. The van der Waals surface area contributed by atoms with Crippen LogP contribution >= 0.6 is 11.3 Å². The maximum atomic E-state index is 5.50. The van der Waals surface area contributed by atoms with Crippen LogP contribution in [-0.2, 0) is 0 Å². The Balaban J connectivity index is 0.988. The molecule has 0 aliphatic carbocycles. The number of hydrogen-bond donors (Lipinski definition) is 0. The van der Waals surface area contributed by atoms with E-state index in [4.69, 9.17) is 15.0 Å². The zero-order valence-corrected chi connectivity index (χ0v) is 41.3. The van der Waals surface area contributed by atoms with Gasteiger partial charge in [-0.2, -0.15) is 0 Å². The van der Waals surface area contributed by atoms with Crippen molar-refractivity contribution in [2.24, 2.45) is 0 Å². The lowest BCUT2D eigenvalue weighted by molar-refractivity contribution is 1.07. The number of para-hydroxylation sites is 3. The number of benzene rings is 11. The molecule has 0 N–H and O–H groups in total. The van der Waals surface area contributed by atoms with Crippen molar-refractivity contribution in [2.45, 2.75) is 0 Å². The van der Waals surface area contributed by atoms with E-state index in [1.54, 1.807) is 0 Å². The van der Waals surface area contributed by atoms with Crippen molar-refractivity contribution < 1.29 is 0 Å². The first-order chi connectivity index (χ1) is 37.2. The maximum Gasteiger partial charge on any atom is 0.166 e. The molecule has 15 rings (SSSR count). The van der Waals surface area contributed by atoms with E-state index in [1.165, 1.54) is 63.9 Å². The highest BCUT2D eigenvalue weighted by molar-refractivity contribution is 7.27. The predicted octanol–water partition coefficient (Wildman–Crippen LogP) is 18.4. The third-order valence-electron chi connectivity index (χ3n) is 14.8. The summed E-state index contributed by atoms with van der Waals surface area (Å²) in [6.45, 7) is 0. The maximum absolute atomic E-state index is 5.50. The van der Waals surface area contributed by atoms with Crippen LogP contribution in [0.25, 0.3) is 143 Å². The molecular formula is C69H43N5S. The molecule has 0 saturated heterocycles. The van der Waals surface area contributed by atoms with Crippen LogP contribution in [-0.4, -0.2) is 24.1 Å². The van der Waals surface area contributed by atoms with Crippen molar-refractivity contribution in [2.75, 3.05) is 0 Å². The minimum Gasteiger partial charge on any atom is -0.308 e. The Labute approximate surface area is 436 Å². The van der Waals surface area contributed by atoms with Gasteiger partial charge in [0.1, 0.15) is 0 Å². The summed E-state index contributed by atoms with van der Waals surface area (Å²) in [7, 11) is 0. The van der Waals surface area contributed by atoms with Crippen LogP contribution in [0.15, 0.2) is 261 Å². The molecule has 0 saturated carbocycles. The standard InChI is InChI=1S/C69H43N5S/c1-4-20-44(21-5-1)45-36-38-48(39-37-45)73-60-33-17-14-28-51(60)53-40-42-55-56-43-41-54-52-29-15-18-34-61(52)74(64(54)66(56)75-65(55)63(53)73)62-35-19-16-32-59(62)69-71-67(57-30-12-10-26-49(57)46-22-6-2-7-23-46)70-68(72-69)58-31-13-11-27-50(58)47-24-8-3-9-25-47/h1-43H. The summed E-state index contributed by atoms with van der Waals surface area (Å²) in [4.78, 5) is 16.4. The summed E-state index contributed by atoms with van der Waals surface area (Å²) in [6, 6.07) is 93.1. The number of fused-ring (bicyclic) bond motifs is 11. The minimum absolute atomic E-state index is 0.593. The lowest BCUT2D eigenvalue weighted by Crippen LogP contribution is -2.04. The van der Waals surface area contributed by atoms with Gasteiger partial charge in [-0.1, -0.05) is 224 Å². The van der Waals surface area contributed by atoms with Gasteiger partial charge in [-0.25, -0.2) is 15.0 Å². The first-order valence-corrected chi connectivity index (χ1v) is 26.2. The third-order valence-corrected chi connectivity index (χ3v) is 16.1. The molecule has 75 heavy (non-hydrogen) atoms. The Morgan fingerprint density at radius 3 is 1.16 bits per heavy atom. The van der Waals surface area contributed by atoms with Crippen molar-refractivity contribution in [1.29, 1.82) is 0 Å². The van der Waals surface area contributed by atoms with Gasteiger partial charge in [0.25, 0.3) is 0 Å². The van der Waals surface area contributed by atoms with Gasteiger partial charge in [-0.15, -0.1) is 11.3 Å². The van der Waals surface area contributed by atoms with E-state index in [2.05, 4.69) is 270 Å². The third kappa shape index (κ3) is 6.95. The molecule has 350 valence electrons. The van der Waals surface area contributed by atoms with Gasteiger partial charge in [-0.3, -0.25) is 0 Å². The highest BCUT2D eigenvalue weighted by atomic mass is 32.1. The molecule has 11 aromatic carbocycles. The van der Waals surface area contributed by atoms with E-state index >= 15 is 0 Å². The second-order valence-electron chi connectivity index (χ2n) is 19.0. The highest BCUT2D eigenvalue weighted by Crippen LogP contribution is 2.48. The molecule has 4 heterocycles. The topological polar surface area (TPSA) is 48.5 Å². The van der Waals surface area contributed by atoms with Crippen molar-refractivity contribution >= 4 is 75.1 Å². The van der Waals surface area contributed by atoms with Gasteiger partial charge in [-0.05, 0) is 69.8 Å². The fourth-order valence-corrected chi connectivity index (χ4v) is 12.8. The van der Waals surface area contributed by atoms with E-state index in [-0.39, 0.29) is 0 Å². The number of aromatic nitrogens is 5. The van der Waals surface area contributed by atoms with E-state index in [0.717, 1.165) is 61.4 Å². The second kappa shape index (κ2) is 17.5. The average molecular weight is 974 g/mol. The molecule has 0 radical (unpaired) electrons. The van der Waals surface area contributed by atoms with Crippen molar-refractivity contribution in [3.05, 3.63) is 261 Å². The molecule has 15 aromatic rings. The van der Waals surface area contributed by atoms with E-state index in [0.29, 0.717) is 17.5 Å². The average Bonchev–Trinajstić information content (AvgIpc) is 4.19. The molecular weight excluding hydrogens is 931 g/mol. The minimum atomic E-state index is 0.593. The van der Waals surface area contributed by atoms with Gasteiger partial charge in [0.15, 0.2) is 17.5 Å². The SMILES string of the molecule is c1ccc(-c2ccc(-n3c4ccccc4c4ccc5c6ccc7c8ccccc8n(-c8ccccc8-c8nc(-c9ccccc9-c9ccccc9)nc(-c9ccccc9-c9ccccc9)n8)c7c6sc5c43)cc2)cc1. The Bertz CT molecular complexity index is 4590. The van der Waals surface area contributed by atoms with Crippen molar-refractivity contribution in [3.8, 4) is 78.9 Å². The number of rotatable bonds is 8. The lowest BCUT2D eigenvalue weighted by Gasteiger charge is -2.16. The van der Waals surface area contributed by atoms with Crippen LogP contribution in [0.2, 0.25) is 0 Å². The van der Waals surface area contributed by atoms with Crippen LogP contribution in [0.5, 0.6) is 0 Å². The number of hydrogen-bond acceptors (Lipinski definition) is 4. The second-order valence-corrected chi connectivity index (χ2v) is 20.1. The largest absolute Gasteiger partial charge is 0.308 e. The molecule has 0 fully saturated rings. The van der Waals surface area contributed by atoms with E-state index in [1.807, 2.05) is 11.3 Å². The smallest absolute Gasteiger partial charge is 0.166 e. The molecule has 0 spiro atoms. The molecule has 5 nitrogen and oxygen atoms in total. The Kier molecular flexibility index (Phi) is 10.00. The predicted molar refractivity (Wildman–Crippen MR) is 314 cm³/mol. The fourth-order valence-electron chi connectivity index (χ4n) is 11.4. The zero-order chi connectivity index (χ0) is 49.4. The Hall–Kier alpha value is -9.75. The van der Waals surface area contributed by atoms with Crippen LogP contribution in [0.4, 0.5) is 0 Å². The normalized spacial score (nSPS) is 11.7. The molecule has 0 amide bonds. The van der Waals surface area contributed by atoms with E-state index < -0.39 is 0 Å². The van der Waals surface area contributed by atoms with Gasteiger partial charge in [0, 0.05) is 54.7 Å². The van der Waals surface area contributed by atoms with Crippen LogP contribution < -0.4 is 0 Å². The lowest BCUT2D eigenvalue weighted by atomic mass is 9.98. The van der Waals surface area contributed by atoms with Crippen molar-refractivity contribution in [3.63, 3.8) is 0 Å². The monoisotopic (exact) mass is 973 g/mol. The number of thiophene rings is 1. The fraction of sp³-hybridized carbons (Fsp3) is 0. The Morgan fingerprint density at radius 2 is 0.627 bits per heavy atom. The summed E-state index contributed by atoms with van der Waals surface area (Å²) in [6.07, 6.45) is 0. The van der Waals surface area contributed by atoms with Crippen molar-refractivity contribution in [1.82, 2.24) is 24.1 Å². The first kappa shape index (κ1) is 42.9. The molecule has 0 aliphatic rings. The summed E-state index contributed by atoms with van der Waals surface area (Å²) in [5.74, 6) is 1.81. The molecule has 4 aromatic heterocycles. The van der Waals surface area contributed by atoms with Crippen LogP contribution in [0.1, 0.15) is 0 Å². The highest BCUT2D eigenvalue weighted by Gasteiger charge is 2.25. The Morgan fingerprint density at radius 1 is 0.253 bits per heavy atom. The van der Waals surface area contributed by atoms with E-state index in [9.17, 15) is 0 Å². The quantitative estimate of drug-likeness (QED) is 0.152. The van der Waals surface area contributed by atoms with Gasteiger partial charge >= 0.3 is 0 Å². The molecule has 6 heteroatoms.